The van der Waals surface area contributed by atoms with Gasteiger partial charge < -0.3 is 14.6 Å². The normalized spacial score (nSPS) is 16.9. The fourth-order valence-corrected chi connectivity index (χ4v) is 6.27. The molecule has 0 spiro atoms. The van der Waals surface area contributed by atoms with Crippen molar-refractivity contribution in [3.8, 4) is 16.9 Å². The lowest BCUT2D eigenvalue weighted by Crippen LogP contribution is -2.38. The van der Waals surface area contributed by atoms with E-state index in [1.165, 1.54) is 28.8 Å². The first-order chi connectivity index (χ1) is 19.8. The van der Waals surface area contributed by atoms with Crippen molar-refractivity contribution >= 4 is 69.5 Å². The van der Waals surface area contributed by atoms with Crippen LogP contribution in [0.15, 0.2) is 65.6 Å². The number of thiocarbonyl (C=S) groups is 1. The molecule has 2 aliphatic rings. The molecule has 0 unspecified atom stereocenters. The van der Waals surface area contributed by atoms with Gasteiger partial charge in [0, 0.05) is 40.8 Å². The van der Waals surface area contributed by atoms with Gasteiger partial charge in [-0.2, -0.15) is 0 Å². The predicted octanol–water partition coefficient (Wildman–Crippen LogP) is 6.47. The maximum absolute atomic E-state index is 13.4. The summed E-state index contributed by atoms with van der Waals surface area (Å²) in [4.78, 5) is 28.9. The summed E-state index contributed by atoms with van der Waals surface area (Å²) in [5.74, 6) is -0.590. The minimum Gasteiger partial charge on any atom is -0.492 e. The molecule has 3 aromatic carbocycles. The van der Waals surface area contributed by atoms with Crippen LogP contribution in [0.2, 0.25) is 10.0 Å². The van der Waals surface area contributed by atoms with Crippen LogP contribution in [-0.2, 0) is 16.1 Å². The molecule has 1 N–H and O–H groups in total. The van der Waals surface area contributed by atoms with Crippen LogP contribution in [0.25, 0.3) is 17.2 Å². The van der Waals surface area contributed by atoms with E-state index < -0.39 is 5.97 Å². The van der Waals surface area contributed by atoms with E-state index in [9.17, 15) is 9.59 Å². The number of amides is 1. The Morgan fingerprint density at radius 1 is 1.07 bits per heavy atom. The molecule has 0 aromatic heterocycles. The van der Waals surface area contributed by atoms with Gasteiger partial charge in [-0.15, -0.1) is 0 Å². The SMILES string of the molecule is O=C(O)c1ccc(CN2C(=O)/C(=C/c3cc(-c4ccc(Cl)cc4Cl)ccc3OCCN3CCOCC3)SC2=S)cc1. The Hall–Kier alpha value is -2.92. The zero-order chi connectivity index (χ0) is 28.9. The summed E-state index contributed by atoms with van der Waals surface area (Å²) >= 11 is 19.4. The minimum absolute atomic E-state index is 0.181. The second-order valence-corrected chi connectivity index (χ2v) is 12.0. The molecule has 2 fully saturated rings. The number of nitrogens with zero attached hydrogens (tertiary/aromatic N) is 2. The average Bonchev–Trinajstić information content (AvgIpc) is 3.22. The Balaban J connectivity index is 1.40. The van der Waals surface area contributed by atoms with Gasteiger partial charge in [-0.3, -0.25) is 14.6 Å². The summed E-state index contributed by atoms with van der Waals surface area (Å²) < 4.78 is 12.1. The van der Waals surface area contributed by atoms with E-state index >= 15 is 0 Å². The number of hydrogen-bond acceptors (Lipinski definition) is 7. The maximum Gasteiger partial charge on any atom is 0.335 e. The number of hydrogen-bond donors (Lipinski definition) is 1. The largest absolute Gasteiger partial charge is 0.492 e. The lowest BCUT2D eigenvalue weighted by molar-refractivity contribution is -0.122. The second-order valence-electron chi connectivity index (χ2n) is 9.45. The van der Waals surface area contributed by atoms with Crippen molar-refractivity contribution in [3.05, 3.63) is 92.3 Å². The summed E-state index contributed by atoms with van der Waals surface area (Å²) in [6.45, 7) is 4.65. The van der Waals surface area contributed by atoms with Crippen molar-refractivity contribution in [2.24, 2.45) is 0 Å². The zero-order valence-electron chi connectivity index (χ0n) is 21.8. The smallest absolute Gasteiger partial charge is 0.335 e. The highest BCUT2D eigenvalue weighted by Crippen LogP contribution is 2.38. The molecule has 1 amide bonds. The third kappa shape index (κ3) is 7.30. The summed E-state index contributed by atoms with van der Waals surface area (Å²) in [7, 11) is 0. The number of halogens is 2. The Labute approximate surface area is 257 Å². The molecule has 0 atom stereocenters. The summed E-state index contributed by atoms with van der Waals surface area (Å²) in [5.41, 5.74) is 3.34. The van der Waals surface area contributed by atoms with Crippen molar-refractivity contribution < 1.29 is 24.2 Å². The molecule has 0 bridgehead atoms. The highest BCUT2D eigenvalue weighted by atomic mass is 35.5. The van der Waals surface area contributed by atoms with Gasteiger partial charge in [-0.1, -0.05) is 71.4 Å². The van der Waals surface area contributed by atoms with Crippen molar-refractivity contribution in [1.82, 2.24) is 9.80 Å². The monoisotopic (exact) mass is 628 g/mol. The molecule has 0 saturated carbocycles. The number of thioether (sulfide) groups is 1. The predicted molar refractivity (Wildman–Crippen MR) is 167 cm³/mol. The molecule has 212 valence electrons. The molecule has 7 nitrogen and oxygen atoms in total. The van der Waals surface area contributed by atoms with E-state index in [0.29, 0.717) is 44.8 Å². The molecule has 5 rings (SSSR count). The molecule has 11 heteroatoms. The molecule has 2 aliphatic heterocycles. The van der Waals surface area contributed by atoms with Crippen LogP contribution in [0.5, 0.6) is 5.75 Å². The molecular formula is C30H26Cl2N2O5S2. The number of morpholine rings is 1. The van der Waals surface area contributed by atoms with E-state index in [1.54, 1.807) is 30.3 Å². The quantitative estimate of drug-likeness (QED) is 0.213. The van der Waals surface area contributed by atoms with Gasteiger partial charge in [0.15, 0.2) is 0 Å². The van der Waals surface area contributed by atoms with Gasteiger partial charge in [0.2, 0.25) is 0 Å². The first kappa shape index (κ1) is 29.6. The number of carboxylic acid groups (broad SMARTS) is 1. The van der Waals surface area contributed by atoms with E-state index in [1.807, 2.05) is 24.3 Å². The van der Waals surface area contributed by atoms with Crippen LogP contribution in [0.3, 0.4) is 0 Å². The Morgan fingerprint density at radius 2 is 1.83 bits per heavy atom. The average molecular weight is 630 g/mol. The van der Waals surface area contributed by atoms with Crippen LogP contribution in [0.4, 0.5) is 0 Å². The third-order valence-corrected chi connectivity index (χ3v) is 8.65. The highest BCUT2D eigenvalue weighted by Gasteiger charge is 2.32. The Kier molecular flexibility index (Phi) is 9.64. The van der Waals surface area contributed by atoms with Crippen LogP contribution in [0, 0.1) is 0 Å². The van der Waals surface area contributed by atoms with Gasteiger partial charge in [0.1, 0.15) is 16.7 Å². The van der Waals surface area contributed by atoms with Crippen LogP contribution in [-0.4, -0.2) is 70.6 Å². The highest BCUT2D eigenvalue weighted by molar-refractivity contribution is 8.26. The van der Waals surface area contributed by atoms with Gasteiger partial charge in [0.25, 0.3) is 5.91 Å². The van der Waals surface area contributed by atoms with Crippen LogP contribution >= 0.6 is 47.2 Å². The topological polar surface area (TPSA) is 79.3 Å². The van der Waals surface area contributed by atoms with Crippen molar-refractivity contribution in [3.63, 3.8) is 0 Å². The number of carbonyl (C=O) groups is 2. The summed E-state index contributed by atoms with van der Waals surface area (Å²) in [6.07, 6.45) is 1.80. The number of carbonyl (C=O) groups excluding carboxylic acids is 1. The molecule has 2 heterocycles. The minimum atomic E-state index is -1.00. The fraction of sp³-hybridized carbons (Fsp3) is 0.233. The van der Waals surface area contributed by atoms with Gasteiger partial charge >= 0.3 is 5.97 Å². The van der Waals surface area contributed by atoms with E-state index in [4.69, 9.17) is 50.0 Å². The Bertz CT molecular complexity index is 1510. The summed E-state index contributed by atoms with van der Waals surface area (Å²) in [5, 5.41) is 10.2. The molecule has 2 saturated heterocycles. The van der Waals surface area contributed by atoms with Crippen molar-refractivity contribution in [1.29, 1.82) is 0 Å². The van der Waals surface area contributed by atoms with E-state index in [-0.39, 0.29) is 18.0 Å². The number of rotatable bonds is 9. The van der Waals surface area contributed by atoms with Gasteiger partial charge in [0.05, 0.1) is 30.2 Å². The van der Waals surface area contributed by atoms with Crippen LogP contribution in [0.1, 0.15) is 21.5 Å². The van der Waals surface area contributed by atoms with Crippen molar-refractivity contribution in [2.45, 2.75) is 6.54 Å². The molecule has 0 aliphatic carbocycles. The first-order valence-electron chi connectivity index (χ1n) is 12.9. The molecule has 0 radical (unpaired) electrons. The van der Waals surface area contributed by atoms with E-state index in [0.717, 1.165) is 41.9 Å². The van der Waals surface area contributed by atoms with Crippen LogP contribution < -0.4 is 4.74 Å². The molecular weight excluding hydrogens is 603 g/mol. The van der Waals surface area contributed by atoms with Crippen molar-refractivity contribution in [2.75, 3.05) is 39.5 Å². The number of ether oxygens (including phenoxy) is 2. The fourth-order valence-electron chi connectivity index (χ4n) is 4.51. The first-order valence-corrected chi connectivity index (χ1v) is 14.9. The summed E-state index contributed by atoms with van der Waals surface area (Å²) in [6, 6.07) is 17.5. The Morgan fingerprint density at radius 3 is 2.54 bits per heavy atom. The number of aromatic carboxylic acids is 1. The van der Waals surface area contributed by atoms with Gasteiger partial charge in [-0.25, -0.2) is 4.79 Å². The molecule has 41 heavy (non-hydrogen) atoms. The number of benzene rings is 3. The second kappa shape index (κ2) is 13.4. The van der Waals surface area contributed by atoms with E-state index in [2.05, 4.69) is 4.90 Å². The lowest BCUT2D eigenvalue weighted by atomic mass is 10.0. The number of carboxylic acids is 1. The maximum atomic E-state index is 13.4. The zero-order valence-corrected chi connectivity index (χ0v) is 25.0. The molecule has 3 aromatic rings. The van der Waals surface area contributed by atoms with Gasteiger partial charge in [-0.05, 0) is 53.6 Å². The standard InChI is InChI=1S/C30H26Cl2N2O5S2/c31-23-6-7-24(25(32)17-23)21-5-8-26(39-14-11-33-9-12-38-13-10-33)22(15-21)16-27-28(35)34(30(40)41-27)18-19-1-3-20(4-2-19)29(36)37/h1-8,15-17H,9-14,18H2,(H,36,37)/b27-16-. The third-order valence-electron chi connectivity index (χ3n) is 6.72. The lowest BCUT2D eigenvalue weighted by Gasteiger charge is -2.26.